The lowest BCUT2D eigenvalue weighted by atomic mass is 9.98. The first kappa shape index (κ1) is 18.2. The average Bonchev–Trinajstić information content (AvgIpc) is 2.61. The monoisotopic (exact) mass is 339 g/mol. The van der Waals surface area contributed by atoms with Gasteiger partial charge in [0.2, 0.25) is 0 Å². The van der Waals surface area contributed by atoms with Crippen LogP contribution in [-0.4, -0.2) is 13.1 Å². The molecule has 25 heavy (non-hydrogen) atoms. The number of hydrogen-bond acceptors (Lipinski definition) is 4. The quantitative estimate of drug-likeness (QED) is 0.467. The number of benzene rings is 2. The molecule has 0 radical (unpaired) electrons. The molecule has 0 heterocycles. The highest BCUT2D eigenvalue weighted by Gasteiger charge is 2.11. The molecule has 0 atom stereocenters. The molecule has 128 valence electrons. The molecule has 2 rings (SSSR count). The van der Waals surface area contributed by atoms with Gasteiger partial charge in [0, 0.05) is 0 Å². The van der Waals surface area contributed by atoms with Crippen molar-refractivity contribution in [3.63, 3.8) is 0 Å². The van der Waals surface area contributed by atoms with Crippen LogP contribution >= 0.6 is 0 Å². The van der Waals surface area contributed by atoms with Crippen LogP contribution in [0.2, 0.25) is 0 Å². The summed E-state index contributed by atoms with van der Waals surface area (Å²) in [5.41, 5.74) is 3.53. The minimum atomic E-state index is -0.674. The number of aryl methyl sites for hydroxylation is 2. The second-order valence-corrected chi connectivity index (χ2v) is 5.54. The molecule has 4 nitrogen and oxygen atoms in total. The van der Waals surface area contributed by atoms with Gasteiger partial charge in [0.1, 0.15) is 29.8 Å². The van der Waals surface area contributed by atoms with Gasteiger partial charge in [-0.1, -0.05) is 6.07 Å². The fraction of sp³-hybridized carbons (Fsp3) is 0.200. The number of carbonyl (C=O) groups excluding carboxylic acids is 1. The number of hydrogen-bond donors (Lipinski definition) is 0. The van der Waals surface area contributed by atoms with E-state index in [4.69, 9.17) is 10.00 Å². The first-order chi connectivity index (χ1) is 11.9. The summed E-state index contributed by atoms with van der Waals surface area (Å²) in [5, 5.41) is 9.10. The Balaban J connectivity index is 2.28. The van der Waals surface area contributed by atoms with Crippen molar-refractivity contribution in [1.82, 2.24) is 0 Å². The Hall–Kier alpha value is -3.13. The summed E-state index contributed by atoms with van der Waals surface area (Å²) >= 11 is 0. The molecule has 2 aromatic rings. The number of carbonyl (C=O) groups is 1. The van der Waals surface area contributed by atoms with E-state index in [2.05, 4.69) is 4.74 Å². The summed E-state index contributed by atoms with van der Waals surface area (Å²) in [6.45, 7) is 4.14. The molecule has 2 aromatic carbocycles. The number of rotatable bonds is 5. The fourth-order valence-electron chi connectivity index (χ4n) is 2.32. The molecule has 0 saturated carbocycles. The molecule has 0 bridgehead atoms. The van der Waals surface area contributed by atoms with E-state index in [-0.39, 0.29) is 11.4 Å². The van der Waals surface area contributed by atoms with Gasteiger partial charge in [-0.15, -0.1) is 0 Å². The maximum atomic E-state index is 12.9. The zero-order valence-electron chi connectivity index (χ0n) is 14.3. The van der Waals surface area contributed by atoms with Crippen molar-refractivity contribution < 1.29 is 18.7 Å². The van der Waals surface area contributed by atoms with Gasteiger partial charge < -0.3 is 9.47 Å². The van der Waals surface area contributed by atoms with Crippen molar-refractivity contribution in [2.24, 2.45) is 0 Å². The van der Waals surface area contributed by atoms with Crippen molar-refractivity contribution in [2.75, 3.05) is 7.11 Å². The lowest BCUT2D eigenvalue weighted by Crippen LogP contribution is -2.04. The number of ether oxygens (including phenoxy) is 2. The minimum absolute atomic E-state index is 0.0696. The molecular weight excluding hydrogens is 321 g/mol. The van der Waals surface area contributed by atoms with Crippen LogP contribution in [0.5, 0.6) is 5.75 Å². The smallest absolute Gasteiger partial charge is 0.348 e. The highest BCUT2D eigenvalue weighted by molar-refractivity contribution is 5.98. The predicted octanol–water partition coefficient (Wildman–Crippen LogP) is 4.10. The van der Waals surface area contributed by atoms with Crippen LogP contribution in [0.4, 0.5) is 4.39 Å². The van der Waals surface area contributed by atoms with E-state index in [1.165, 1.54) is 25.3 Å². The van der Waals surface area contributed by atoms with Gasteiger partial charge in [-0.25, -0.2) is 9.18 Å². The van der Waals surface area contributed by atoms with Gasteiger partial charge in [0.15, 0.2) is 0 Å². The number of nitrogens with zero attached hydrogens (tertiary/aromatic N) is 1. The summed E-state index contributed by atoms with van der Waals surface area (Å²) < 4.78 is 23.2. The summed E-state index contributed by atoms with van der Waals surface area (Å²) in [4.78, 5) is 11.6. The van der Waals surface area contributed by atoms with Crippen molar-refractivity contribution in [2.45, 2.75) is 20.5 Å². The topological polar surface area (TPSA) is 59.3 Å². The molecule has 0 fully saturated rings. The minimum Gasteiger partial charge on any atom is -0.489 e. The molecule has 0 aliphatic heterocycles. The Kier molecular flexibility index (Phi) is 5.91. The zero-order chi connectivity index (χ0) is 18.4. The Morgan fingerprint density at radius 3 is 2.48 bits per heavy atom. The Labute approximate surface area is 146 Å². The first-order valence-electron chi connectivity index (χ1n) is 7.63. The third-order valence-electron chi connectivity index (χ3n) is 3.76. The third kappa shape index (κ3) is 4.67. The number of halogens is 1. The summed E-state index contributed by atoms with van der Waals surface area (Å²) in [5.74, 6) is -0.435. The largest absolute Gasteiger partial charge is 0.489 e. The third-order valence-corrected chi connectivity index (χ3v) is 3.76. The zero-order valence-corrected chi connectivity index (χ0v) is 14.3. The highest BCUT2D eigenvalue weighted by Crippen LogP contribution is 2.21. The van der Waals surface area contributed by atoms with Gasteiger partial charge in [-0.05, 0) is 72.5 Å². The normalized spacial score (nSPS) is 10.9. The van der Waals surface area contributed by atoms with E-state index in [1.54, 1.807) is 12.1 Å². The van der Waals surface area contributed by atoms with E-state index >= 15 is 0 Å². The molecular formula is C20H18FNO3. The molecule has 0 aromatic heterocycles. The summed E-state index contributed by atoms with van der Waals surface area (Å²) in [6, 6.07) is 11.5. The van der Waals surface area contributed by atoms with Gasteiger partial charge in [0.25, 0.3) is 0 Å². The molecule has 0 amide bonds. The Morgan fingerprint density at radius 2 is 1.88 bits per heavy atom. The summed E-state index contributed by atoms with van der Waals surface area (Å²) in [7, 11) is 1.23. The standard InChI is InChI=1S/C20H18FNO3/c1-13-8-14(2)17(12-25-19-6-4-18(21)5-7-19)10-15(13)9-16(11-22)20(23)24-3/h4-10H,12H2,1-3H3. The van der Waals surface area contributed by atoms with E-state index in [0.29, 0.717) is 12.4 Å². The van der Waals surface area contributed by atoms with Crippen LogP contribution in [0.25, 0.3) is 6.08 Å². The van der Waals surface area contributed by atoms with Crippen LogP contribution in [-0.2, 0) is 16.1 Å². The van der Waals surface area contributed by atoms with Crippen molar-refractivity contribution in [3.8, 4) is 11.8 Å². The number of methoxy groups -OCH3 is 1. The average molecular weight is 339 g/mol. The van der Waals surface area contributed by atoms with Crippen molar-refractivity contribution >= 4 is 12.0 Å². The molecule has 5 heteroatoms. The fourth-order valence-corrected chi connectivity index (χ4v) is 2.32. The predicted molar refractivity (Wildman–Crippen MR) is 92.3 cm³/mol. The molecule has 0 spiro atoms. The number of esters is 1. The maximum absolute atomic E-state index is 12.9. The molecule has 0 unspecified atom stereocenters. The van der Waals surface area contributed by atoms with Crippen LogP contribution in [0.3, 0.4) is 0 Å². The first-order valence-corrected chi connectivity index (χ1v) is 7.63. The molecule has 0 aliphatic rings. The van der Waals surface area contributed by atoms with E-state index < -0.39 is 5.97 Å². The van der Waals surface area contributed by atoms with Crippen LogP contribution < -0.4 is 4.74 Å². The van der Waals surface area contributed by atoms with Crippen molar-refractivity contribution in [3.05, 3.63) is 70.0 Å². The van der Waals surface area contributed by atoms with E-state index in [0.717, 1.165) is 22.3 Å². The van der Waals surface area contributed by atoms with Crippen LogP contribution in [0.1, 0.15) is 22.3 Å². The molecule has 0 saturated heterocycles. The SMILES string of the molecule is COC(=O)C(C#N)=Cc1cc(COc2ccc(F)cc2)c(C)cc1C. The lowest BCUT2D eigenvalue weighted by Gasteiger charge is -2.12. The second-order valence-electron chi connectivity index (χ2n) is 5.54. The van der Waals surface area contributed by atoms with Crippen LogP contribution in [0.15, 0.2) is 42.0 Å². The van der Waals surface area contributed by atoms with Gasteiger partial charge in [-0.2, -0.15) is 5.26 Å². The Morgan fingerprint density at radius 1 is 1.20 bits per heavy atom. The van der Waals surface area contributed by atoms with Crippen molar-refractivity contribution in [1.29, 1.82) is 5.26 Å². The van der Waals surface area contributed by atoms with Gasteiger partial charge in [-0.3, -0.25) is 0 Å². The lowest BCUT2D eigenvalue weighted by molar-refractivity contribution is -0.135. The van der Waals surface area contributed by atoms with E-state index in [1.807, 2.05) is 32.0 Å². The molecule has 0 N–H and O–H groups in total. The van der Waals surface area contributed by atoms with Gasteiger partial charge in [0.05, 0.1) is 7.11 Å². The maximum Gasteiger partial charge on any atom is 0.348 e. The van der Waals surface area contributed by atoms with Gasteiger partial charge >= 0.3 is 5.97 Å². The van der Waals surface area contributed by atoms with Crippen LogP contribution in [0, 0.1) is 31.0 Å². The molecule has 0 aliphatic carbocycles. The summed E-state index contributed by atoms with van der Waals surface area (Å²) in [6.07, 6.45) is 1.50. The number of nitriles is 1. The highest BCUT2D eigenvalue weighted by atomic mass is 19.1. The van der Waals surface area contributed by atoms with E-state index in [9.17, 15) is 9.18 Å². The second kappa shape index (κ2) is 8.11. The Bertz CT molecular complexity index is 848.